The van der Waals surface area contributed by atoms with E-state index >= 15 is 0 Å². The van der Waals surface area contributed by atoms with Crippen molar-refractivity contribution < 1.29 is 14.3 Å². The number of ketones is 1. The SMILES string of the molecule is CC(C)(C)OC(=O)CC(=O)c1cncnc1. The van der Waals surface area contributed by atoms with E-state index in [1.165, 1.54) is 18.7 Å². The molecule has 5 heteroatoms. The van der Waals surface area contributed by atoms with Crippen LogP contribution in [0.1, 0.15) is 37.6 Å². The number of carbonyl (C=O) groups excluding carboxylic acids is 2. The Balaban J connectivity index is 2.56. The van der Waals surface area contributed by atoms with E-state index in [1.54, 1.807) is 20.8 Å². The molecule has 0 radical (unpaired) electrons. The Kier molecular flexibility index (Phi) is 3.71. The van der Waals surface area contributed by atoms with Crippen molar-refractivity contribution in [3.63, 3.8) is 0 Å². The van der Waals surface area contributed by atoms with Gasteiger partial charge in [0, 0.05) is 12.4 Å². The first kappa shape index (κ1) is 12.3. The predicted octanol–water partition coefficient (Wildman–Crippen LogP) is 1.39. The Morgan fingerprint density at radius 1 is 1.25 bits per heavy atom. The summed E-state index contributed by atoms with van der Waals surface area (Å²) in [5.41, 5.74) is -0.266. The third kappa shape index (κ3) is 4.16. The van der Waals surface area contributed by atoms with Gasteiger partial charge < -0.3 is 4.74 Å². The minimum absolute atomic E-state index is 0.287. The molecule has 0 unspecified atom stereocenters. The number of nitrogens with zero attached hydrogens (tertiary/aromatic N) is 2. The van der Waals surface area contributed by atoms with E-state index in [0.717, 1.165) is 0 Å². The fourth-order valence-corrected chi connectivity index (χ4v) is 1.05. The summed E-state index contributed by atoms with van der Waals surface area (Å²) in [5.74, 6) is -0.879. The Hall–Kier alpha value is -1.78. The summed E-state index contributed by atoms with van der Waals surface area (Å²) in [4.78, 5) is 30.3. The molecule has 0 saturated heterocycles. The van der Waals surface area contributed by atoms with Crippen molar-refractivity contribution in [3.8, 4) is 0 Å². The van der Waals surface area contributed by atoms with E-state index in [-0.39, 0.29) is 12.2 Å². The number of rotatable bonds is 3. The molecule has 0 bridgehead atoms. The Labute approximate surface area is 93.9 Å². The van der Waals surface area contributed by atoms with Crippen LogP contribution in [0.15, 0.2) is 18.7 Å². The molecule has 0 spiro atoms. The lowest BCUT2D eigenvalue weighted by Crippen LogP contribution is -2.25. The summed E-state index contributed by atoms with van der Waals surface area (Å²) < 4.78 is 5.03. The van der Waals surface area contributed by atoms with Crippen LogP contribution in [0.4, 0.5) is 0 Å². The van der Waals surface area contributed by atoms with Crippen LogP contribution in [0, 0.1) is 0 Å². The summed E-state index contributed by atoms with van der Waals surface area (Å²) in [6, 6.07) is 0. The van der Waals surface area contributed by atoms with Crippen molar-refractivity contribution >= 4 is 11.8 Å². The highest BCUT2D eigenvalue weighted by Crippen LogP contribution is 2.09. The smallest absolute Gasteiger partial charge is 0.314 e. The Morgan fingerprint density at radius 3 is 2.31 bits per heavy atom. The lowest BCUT2D eigenvalue weighted by molar-refractivity contribution is -0.153. The van der Waals surface area contributed by atoms with Gasteiger partial charge in [0.15, 0.2) is 5.78 Å². The molecule has 1 rings (SSSR count). The zero-order chi connectivity index (χ0) is 12.2. The lowest BCUT2D eigenvalue weighted by atomic mass is 10.1. The molecule has 0 atom stereocenters. The molecule has 0 aliphatic carbocycles. The minimum Gasteiger partial charge on any atom is -0.460 e. The number of Topliss-reactive ketones (excluding diaryl/α,β-unsaturated/α-hetero) is 1. The van der Waals surface area contributed by atoms with Gasteiger partial charge in [0.1, 0.15) is 18.3 Å². The number of aromatic nitrogens is 2. The summed E-state index contributed by atoms with van der Waals surface area (Å²) in [7, 11) is 0. The average Bonchev–Trinajstić information content (AvgIpc) is 2.16. The molecule has 1 heterocycles. The Morgan fingerprint density at radius 2 is 1.81 bits per heavy atom. The second kappa shape index (κ2) is 4.83. The molecule has 0 N–H and O–H groups in total. The number of hydrogen-bond acceptors (Lipinski definition) is 5. The molecule has 0 aliphatic heterocycles. The van der Waals surface area contributed by atoms with Gasteiger partial charge in [0.2, 0.25) is 0 Å². The van der Waals surface area contributed by atoms with Crippen LogP contribution in [-0.4, -0.2) is 27.3 Å². The quantitative estimate of drug-likeness (QED) is 0.439. The van der Waals surface area contributed by atoms with Crippen LogP contribution in [0.3, 0.4) is 0 Å². The van der Waals surface area contributed by atoms with Crippen LogP contribution in [0.5, 0.6) is 0 Å². The van der Waals surface area contributed by atoms with Crippen LogP contribution < -0.4 is 0 Å². The van der Waals surface area contributed by atoms with Gasteiger partial charge >= 0.3 is 5.97 Å². The molecule has 0 aliphatic rings. The monoisotopic (exact) mass is 222 g/mol. The topological polar surface area (TPSA) is 69.2 Å². The molecule has 86 valence electrons. The highest BCUT2D eigenvalue weighted by molar-refractivity contribution is 6.05. The second-order valence-electron chi connectivity index (χ2n) is 4.31. The van der Waals surface area contributed by atoms with E-state index in [2.05, 4.69) is 9.97 Å². The maximum absolute atomic E-state index is 11.6. The van der Waals surface area contributed by atoms with Crippen LogP contribution in [-0.2, 0) is 9.53 Å². The highest BCUT2D eigenvalue weighted by atomic mass is 16.6. The van der Waals surface area contributed by atoms with Crippen molar-refractivity contribution in [1.29, 1.82) is 0 Å². The van der Waals surface area contributed by atoms with E-state index in [4.69, 9.17) is 4.74 Å². The maximum Gasteiger partial charge on any atom is 0.314 e. The maximum atomic E-state index is 11.6. The molecular formula is C11H14N2O3. The summed E-state index contributed by atoms with van der Waals surface area (Å²) in [6.07, 6.45) is 3.79. The zero-order valence-electron chi connectivity index (χ0n) is 9.56. The number of carbonyl (C=O) groups is 2. The van der Waals surface area contributed by atoms with E-state index < -0.39 is 11.6 Å². The number of esters is 1. The first-order valence-corrected chi connectivity index (χ1v) is 4.88. The molecule has 16 heavy (non-hydrogen) atoms. The standard InChI is InChI=1S/C11H14N2O3/c1-11(2,3)16-10(15)4-9(14)8-5-12-7-13-6-8/h5-7H,4H2,1-3H3. The van der Waals surface area contributed by atoms with Gasteiger partial charge in [0.25, 0.3) is 0 Å². The fraction of sp³-hybridized carbons (Fsp3) is 0.455. The van der Waals surface area contributed by atoms with Gasteiger partial charge in [-0.15, -0.1) is 0 Å². The largest absolute Gasteiger partial charge is 0.460 e. The van der Waals surface area contributed by atoms with Crippen molar-refractivity contribution in [1.82, 2.24) is 9.97 Å². The van der Waals surface area contributed by atoms with Crippen LogP contribution in [0.25, 0.3) is 0 Å². The van der Waals surface area contributed by atoms with Crippen LogP contribution >= 0.6 is 0 Å². The third-order valence-electron chi connectivity index (χ3n) is 1.61. The minimum atomic E-state index is -0.579. The molecule has 1 aromatic rings. The molecule has 0 saturated carbocycles. The van der Waals surface area contributed by atoms with Gasteiger partial charge in [-0.05, 0) is 20.8 Å². The van der Waals surface area contributed by atoms with Gasteiger partial charge in [-0.2, -0.15) is 0 Å². The van der Waals surface area contributed by atoms with Crippen molar-refractivity contribution in [3.05, 3.63) is 24.3 Å². The van der Waals surface area contributed by atoms with Crippen molar-refractivity contribution in [2.45, 2.75) is 32.8 Å². The highest BCUT2D eigenvalue weighted by Gasteiger charge is 2.19. The summed E-state index contributed by atoms with van der Waals surface area (Å²) >= 11 is 0. The van der Waals surface area contributed by atoms with E-state index in [0.29, 0.717) is 5.56 Å². The summed E-state index contributed by atoms with van der Waals surface area (Å²) in [6.45, 7) is 5.25. The van der Waals surface area contributed by atoms with Gasteiger partial charge in [0.05, 0.1) is 5.56 Å². The van der Waals surface area contributed by atoms with Gasteiger partial charge in [-0.25, -0.2) is 9.97 Å². The van der Waals surface area contributed by atoms with Crippen LogP contribution in [0.2, 0.25) is 0 Å². The molecule has 1 aromatic heterocycles. The zero-order valence-corrected chi connectivity index (χ0v) is 9.56. The Bertz CT molecular complexity index is 382. The molecule has 5 nitrogen and oxygen atoms in total. The third-order valence-corrected chi connectivity index (χ3v) is 1.61. The normalized spacial score (nSPS) is 10.9. The average molecular weight is 222 g/mol. The first-order chi connectivity index (χ1) is 7.38. The van der Waals surface area contributed by atoms with Gasteiger partial charge in [-0.3, -0.25) is 9.59 Å². The second-order valence-corrected chi connectivity index (χ2v) is 4.31. The molecular weight excluding hydrogens is 208 g/mol. The lowest BCUT2D eigenvalue weighted by Gasteiger charge is -2.19. The van der Waals surface area contributed by atoms with Gasteiger partial charge in [-0.1, -0.05) is 0 Å². The van der Waals surface area contributed by atoms with E-state index in [1.807, 2.05) is 0 Å². The van der Waals surface area contributed by atoms with E-state index in [9.17, 15) is 9.59 Å². The fourth-order valence-electron chi connectivity index (χ4n) is 1.05. The molecule has 0 amide bonds. The van der Waals surface area contributed by atoms with Crippen molar-refractivity contribution in [2.75, 3.05) is 0 Å². The van der Waals surface area contributed by atoms with Crippen molar-refractivity contribution in [2.24, 2.45) is 0 Å². The summed E-state index contributed by atoms with van der Waals surface area (Å²) in [5, 5.41) is 0. The molecule has 0 aromatic carbocycles. The molecule has 0 fully saturated rings. The first-order valence-electron chi connectivity index (χ1n) is 4.88. The number of ether oxygens (including phenoxy) is 1. The predicted molar refractivity (Wildman–Crippen MR) is 56.8 cm³/mol. The number of hydrogen-bond donors (Lipinski definition) is 0.